The molecule has 0 saturated heterocycles. The number of carbonyl (C=O) groups is 3. The topological polar surface area (TPSA) is 130 Å². The van der Waals surface area contributed by atoms with Gasteiger partial charge in [-0.05, 0) is 41.9 Å². The number of nitriles is 1. The smallest absolute Gasteiger partial charge is 0.433 e. The molecular weight excluding hydrogens is 637 g/mol. The average Bonchev–Trinajstić information content (AvgIpc) is 3.55. The number of rotatable bonds is 7. The number of hydrogen-bond donors (Lipinski definition) is 1. The molecule has 1 saturated carbocycles. The van der Waals surface area contributed by atoms with E-state index in [1.807, 2.05) is 24.3 Å². The molecule has 242 valence electrons. The minimum absolute atomic E-state index is 0.124. The van der Waals surface area contributed by atoms with Crippen molar-refractivity contribution in [3.05, 3.63) is 71.3 Å². The van der Waals surface area contributed by atoms with Gasteiger partial charge >= 0.3 is 18.2 Å². The molecule has 1 fully saturated rings. The van der Waals surface area contributed by atoms with Crippen LogP contribution in [-0.2, 0) is 19.2 Å². The number of halogens is 4. The quantitative estimate of drug-likeness (QED) is 0.114. The van der Waals surface area contributed by atoms with E-state index in [-0.39, 0.29) is 11.0 Å². The molecule has 2 aromatic rings. The first-order valence-corrected chi connectivity index (χ1v) is 14.8. The van der Waals surface area contributed by atoms with E-state index in [0.29, 0.717) is 17.1 Å². The highest BCUT2D eigenvalue weighted by molar-refractivity contribution is 8.15. The maximum absolute atomic E-state index is 12.7. The Morgan fingerprint density at radius 2 is 1.76 bits per heavy atom. The summed E-state index contributed by atoms with van der Waals surface area (Å²) in [6, 6.07) is 17.4. The molecule has 1 aliphatic carbocycles. The summed E-state index contributed by atoms with van der Waals surface area (Å²) in [6.07, 6.45) is -4.10. The molecule has 0 heterocycles. The predicted octanol–water partition coefficient (Wildman–Crippen LogP) is 6.65. The van der Waals surface area contributed by atoms with E-state index in [0.717, 1.165) is 17.8 Å². The number of hydrogen-bond acceptors (Lipinski definition) is 9. The van der Waals surface area contributed by atoms with Crippen LogP contribution in [0.25, 0.3) is 0 Å². The Morgan fingerprint density at radius 1 is 1.13 bits per heavy atom. The lowest BCUT2D eigenvalue weighted by molar-refractivity contribution is -0.149. The number of allylic oxidation sites excluding steroid dienone is 2. The third kappa shape index (κ3) is 10.7. The number of amides is 2. The molecule has 0 aromatic heterocycles. The highest BCUT2D eigenvalue weighted by Gasteiger charge is 2.62. The normalized spacial score (nSPS) is 17.8. The van der Waals surface area contributed by atoms with E-state index in [1.54, 1.807) is 70.6 Å². The van der Waals surface area contributed by atoms with Crippen molar-refractivity contribution in [2.75, 3.05) is 27.4 Å². The Hall–Kier alpha value is -4.22. The molecule has 3 rings (SSSR count). The van der Waals surface area contributed by atoms with Crippen LogP contribution in [0.15, 0.2) is 70.9 Å². The minimum atomic E-state index is -4.68. The van der Waals surface area contributed by atoms with Gasteiger partial charge in [-0.15, -0.1) is 11.8 Å². The van der Waals surface area contributed by atoms with E-state index >= 15 is 0 Å². The lowest BCUT2D eigenvalue weighted by Crippen LogP contribution is -2.28. The summed E-state index contributed by atoms with van der Waals surface area (Å²) in [4.78, 5) is 40.3. The molecular formula is C30H32ClF3N4O6S. The predicted molar refractivity (Wildman–Crippen MR) is 163 cm³/mol. The molecule has 1 unspecified atom stereocenters. The number of ether oxygens (including phenoxy) is 2. The Kier molecular flexibility index (Phi) is 13.3. The van der Waals surface area contributed by atoms with E-state index in [4.69, 9.17) is 21.1 Å². The molecule has 0 radical (unpaired) electrons. The van der Waals surface area contributed by atoms with Gasteiger partial charge in [-0.2, -0.15) is 18.4 Å². The van der Waals surface area contributed by atoms with Crippen LogP contribution in [-0.4, -0.2) is 61.5 Å². The second kappa shape index (κ2) is 16.2. The highest BCUT2D eigenvalue weighted by Crippen LogP contribution is 2.60. The van der Waals surface area contributed by atoms with Gasteiger partial charge in [0.25, 0.3) is 5.91 Å². The lowest BCUT2D eigenvalue weighted by Gasteiger charge is -2.13. The van der Waals surface area contributed by atoms with Gasteiger partial charge in [0.15, 0.2) is 0 Å². The van der Waals surface area contributed by atoms with Crippen molar-refractivity contribution >= 4 is 46.4 Å². The van der Waals surface area contributed by atoms with Gasteiger partial charge in [0.2, 0.25) is 11.1 Å². The number of carbonyl (C=O) groups excluding carboxylic acids is 3. The first-order valence-electron chi connectivity index (χ1n) is 13.2. The van der Waals surface area contributed by atoms with Crippen LogP contribution in [0.2, 0.25) is 0 Å². The van der Waals surface area contributed by atoms with E-state index in [9.17, 15) is 32.8 Å². The largest absolute Gasteiger partial charge is 0.457 e. The number of nitrogens with one attached hydrogen (secondary N) is 1. The molecule has 15 heteroatoms. The highest BCUT2D eigenvalue weighted by atomic mass is 35.5. The van der Waals surface area contributed by atoms with Crippen LogP contribution in [0, 0.1) is 28.6 Å². The van der Waals surface area contributed by atoms with Gasteiger partial charge < -0.3 is 19.7 Å². The summed E-state index contributed by atoms with van der Waals surface area (Å²) in [7, 11) is 4.59. The summed E-state index contributed by atoms with van der Waals surface area (Å²) < 4.78 is 49.2. The SMILES string of the molecule is CC1(C)[C@H](C(=O)OC(C#N)c2cccc(Oc3ccccc3)c2)[C@@H]1/C=C(\Cl)C(F)(F)F.CNC(=O)ON=C(SC)C(=O)N(C)C. The zero-order valence-electron chi connectivity index (χ0n) is 25.2. The van der Waals surface area contributed by atoms with Gasteiger partial charge in [-0.3, -0.25) is 14.4 Å². The van der Waals surface area contributed by atoms with Crippen molar-refractivity contribution in [3.63, 3.8) is 0 Å². The third-order valence-corrected chi connectivity index (χ3v) is 7.43. The second-order valence-corrected chi connectivity index (χ2v) is 11.4. The van der Waals surface area contributed by atoms with Crippen LogP contribution in [0.5, 0.6) is 11.5 Å². The fraction of sp³-hybridized carbons (Fsp3) is 0.367. The monoisotopic (exact) mass is 668 g/mol. The van der Waals surface area contributed by atoms with Gasteiger partial charge in [0, 0.05) is 26.7 Å². The molecule has 1 aliphatic rings. The van der Waals surface area contributed by atoms with Gasteiger partial charge in [0.05, 0.1) is 5.92 Å². The number of alkyl halides is 3. The summed E-state index contributed by atoms with van der Waals surface area (Å²) in [5.41, 5.74) is -0.371. The van der Waals surface area contributed by atoms with Crippen molar-refractivity contribution in [1.29, 1.82) is 5.26 Å². The molecule has 3 atom stereocenters. The molecule has 2 aromatic carbocycles. The standard InChI is InChI=1S/C23H19ClF3NO3.C7H13N3O3S/c1-22(2)17(12-19(24)23(25,26)27)20(22)21(29)31-18(13-28)14-7-6-10-16(11-14)30-15-8-4-3-5-9-15;1-8-7(12)13-9-5(14-4)6(11)10(2)3/h3-12,17-18,20H,1-2H3;1-4H3,(H,8,12)/b19-12-;/t17-,18?,20-;/m0./s1. The Balaban J connectivity index is 0.000000426. The molecule has 0 aliphatic heterocycles. The maximum Gasteiger partial charge on any atom is 0.433 e. The van der Waals surface area contributed by atoms with Crippen molar-refractivity contribution in [3.8, 4) is 17.6 Å². The molecule has 45 heavy (non-hydrogen) atoms. The Bertz CT molecular complexity index is 1460. The van der Waals surface area contributed by atoms with Crippen LogP contribution < -0.4 is 10.1 Å². The molecule has 2 amide bonds. The van der Waals surface area contributed by atoms with Crippen LogP contribution in [0.3, 0.4) is 0 Å². The Labute approximate surface area is 268 Å². The lowest BCUT2D eigenvalue weighted by atomic mass is 10.1. The van der Waals surface area contributed by atoms with Crippen LogP contribution >= 0.6 is 23.4 Å². The zero-order valence-corrected chi connectivity index (χ0v) is 26.8. The second-order valence-electron chi connectivity index (χ2n) is 10.2. The van der Waals surface area contributed by atoms with Crippen LogP contribution in [0.4, 0.5) is 18.0 Å². The zero-order chi connectivity index (χ0) is 33.9. The van der Waals surface area contributed by atoms with Crippen LogP contribution in [0.1, 0.15) is 25.5 Å². The van der Waals surface area contributed by atoms with Gasteiger partial charge in [-0.1, -0.05) is 67.0 Å². The van der Waals surface area contributed by atoms with E-state index in [1.165, 1.54) is 11.9 Å². The molecule has 0 bridgehead atoms. The summed E-state index contributed by atoms with van der Waals surface area (Å²) in [5, 5.41) is 14.0. The molecule has 10 nitrogen and oxygen atoms in total. The van der Waals surface area contributed by atoms with Crippen molar-refractivity contribution in [1.82, 2.24) is 10.2 Å². The van der Waals surface area contributed by atoms with E-state index in [2.05, 4.69) is 15.3 Å². The van der Waals surface area contributed by atoms with Crippen molar-refractivity contribution in [2.45, 2.75) is 26.1 Å². The van der Waals surface area contributed by atoms with Crippen molar-refractivity contribution < 1.29 is 41.9 Å². The summed E-state index contributed by atoms with van der Waals surface area (Å²) >= 11 is 6.43. The number of esters is 1. The summed E-state index contributed by atoms with van der Waals surface area (Å²) in [6.45, 7) is 3.30. The van der Waals surface area contributed by atoms with Gasteiger partial charge in [-0.25, -0.2) is 4.79 Å². The van der Waals surface area contributed by atoms with E-state index < -0.39 is 46.6 Å². The minimum Gasteiger partial charge on any atom is -0.457 e. The number of oxime groups is 1. The van der Waals surface area contributed by atoms with Crippen molar-refractivity contribution in [2.24, 2.45) is 22.4 Å². The Morgan fingerprint density at radius 3 is 2.29 bits per heavy atom. The maximum atomic E-state index is 12.7. The number of nitrogens with zero attached hydrogens (tertiary/aromatic N) is 3. The molecule has 0 spiro atoms. The number of thioether (sulfide) groups is 1. The molecule has 1 N–H and O–H groups in total. The van der Waals surface area contributed by atoms with Gasteiger partial charge in [0.1, 0.15) is 22.6 Å². The first kappa shape index (κ1) is 37.0. The first-order chi connectivity index (χ1) is 21.1. The number of para-hydroxylation sites is 1. The summed E-state index contributed by atoms with van der Waals surface area (Å²) in [5.74, 6) is -1.57. The number of benzene rings is 2. The fourth-order valence-electron chi connectivity index (χ4n) is 3.90. The third-order valence-electron chi connectivity index (χ3n) is 6.45. The average molecular weight is 669 g/mol. The fourth-order valence-corrected chi connectivity index (χ4v) is 4.50.